The van der Waals surface area contributed by atoms with E-state index in [2.05, 4.69) is 13.2 Å². The van der Waals surface area contributed by atoms with E-state index in [1.807, 2.05) is 12.2 Å². The van der Waals surface area contributed by atoms with Crippen molar-refractivity contribution in [3.63, 3.8) is 0 Å². The van der Waals surface area contributed by atoms with Crippen molar-refractivity contribution in [2.75, 3.05) is 6.61 Å². The molecule has 0 spiro atoms. The highest BCUT2D eigenvalue weighted by atomic mass is 19.3. The molecule has 4 heteroatoms. The van der Waals surface area contributed by atoms with Gasteiger partial charge >= 0.3 is 0 Å². The highest BCUT2D eigenvalue weighted by Crippen LogP contribution is 2.42. The van der Waals surface area contributed by atoms with Crippen LogP contribution in [-0.2, 0) is 4.74 Å². The maximum absolute atomic E-state index is 15.2. The van der Waals surface area contributed by atoms with Gasteiger partial charge < -0.3 is 4.74 Å². The van der Waals surface area contributed by atoms with Gasteiger partial charge in [-0.25, -0.2) is 13.2 Å². The van der Waals surface area contributed by atoms with Crippen LogP contribution in [0.1, 0.15) is 86.3 Å². The maximum atomic E-state index is 15.2. The lowest BCUT2D eigenvalue weighted by atomic mass is 9.77. The first-order valence-electron chi connectivity index (χ1n) is 10.5. The van der Waals surface area contributed by atoms with Gasteiger partial charge in [0.25, 0.3) is 6.43 Å². The van der Waals surface area contributed by atoms with E-state index >= 15 is 4.39 Å². The molecule has 2 fully saturated rings. The summed E-state index contributed by atoms with van der Waals surface area (Å²) in [4.78, 5) is 0. The quantitative estimate of drug-likeness (QED) is 0.438. The first kappa shape index (κ1) is 21.2. The number of alkyl halides is 2. The standard InChI is InChI=1S/C24H31F3O/c1-3-5-6-19-12-11-18(15-28-19)20-13-14-21(23(25)22(20)24(26)27)17-9-7-16(4-2)8-10-17/h3-4,13-14,16-19,24H,1-2,5-12,15H2. The first-order valence-corrected chi connectivity index (χ1v) is 10.5. The Hall–Kier alpha value is -1.55. The van der Waals surface area contributed by atoms with Crippen molar-refractivity contribution in [3.05, 3.63) is 60.0 Å². The van der Waals surface area contributed by atoms with Gasteiger partial charge in [0.15, 0.2) is 0 Å². The van der Waals surface area contributed by atoms with E-state index in [0.717, 1.165) is 51.4 Å². The fourth-order valence-corrected chi connectivity index (χ4v) is 4.77. The van der Waals surface area contributed by atoms with Crippen molar-refractivity contribution < 1.29 is 17.9 Å². The fraction of sp³-hybridized carbons (Fsp3) is 0.583. The summed E-state index contributed by atoms with van der Waals surface area (Å²) in [7, 11) is 0. The smallest absolute Gasteiger partial charge is 0.266 e. The van der Waals surface area contributed by atoms with Gasteiger partial charge in [0.1, 0.15) is 5.82 Å². The second-order valence-electron chi connectivity index (χ2n) is 8.22. The summed E-state index contributed by atoms with van der Waals surface area (Å²) in [5.41, 5.74) is 0.488. The van der Waals surface area contributed by atoms with Crippen molar-refractivity contribution in [2.45, 2.75) is 75.7 Å². The SMILES string of the molecule is C=CCCC1CCC(c2ccc(C3CCC(C=C)CC3)c(F)c2C(F)F)CO1. The van der Waals surface area contributed by atoms with Crippen molar-refractivity contribution in [1.29, 1.82) is 0 Å². The molecule has 0 bridgehead atoms. The Morgan fingerprint density at radius 1 is 1.00 bits per heavy atom. The number of halogens is 3. The van der Waals surface area contributed by atoms with Gasteiger partial charge in [0, 0.05) is 5.92 Å². The number of hydrogen-bond donors (Lipinski definition) is 0. The molecule has 28 heavy (non-hydrogen) atoms. The molecule has 3 rings (SSSR count). The summed E-state index contributed by atoms with van der Waals surface area (Å²) in [6.45, 7) is 7.93. The Bertz CT molecular complexity index is 669. The lowest BCUT2D eigenvalue weighted by Crippen LogP contribution is -2.26. The van der Waals surface area contributed by atoms with Gasteiger partial charge in [-0.1, -0.05) is 24.3 Å². The third-order valence-corrected chi connectivity index (χ3v) is 6.51. The summed E-state index contributed by atoms with van der Waals surface area (Å²) in [6, 6.07) is 3.48. The molecule has 0 N–H and O–H groups in total. The first-order chi connectivity index (χ1) is 13.5. The van der Waals surface area contributed by atoms with Crippen LogP contribution >= 0.6 is 0 Å². The highest BCUT2D eigenvalue weighted by Gasteiger charge is 2.31. The van der Waals surface area contributed by atoms with E-state index in [0.29, 0.717) is 23.7 Å². The van der Waals surface area contributed by atoms with E-state index in [1.54, 1.807) is 12.1 Å². The average molecular weight is 393 g/mol. The van der Waals surface area contributed by atoms with Crippen LogP contribution in [-0.4, -0.2) is 12.7 Å². The molecule has 0 aromatic heterocycles. The van der Waals surface area contributed by atoms with Crippen molar-refractivity contribution >= 4 is 0 Å². The van der Waals surface area contributed by atoms with Gasteiger partial charge in [-0.3, -0.25) is 0 Å². The molecule has 1 aromatic rings. The predicted molar refractivity (Wildman–Crippen MR) is 107 cm³/mol. The Kier molecular flexibility index (Phi) is 7.39. The van der Waals surface area contributed by atoms with E-state index in [-0.39, 0.29) is 17.9 Å². The Morgan fingerprint density at radius 3 is 2.25 bits per heavy atom. The molecule has 154 valence electrons. The second-order valence-corrected chi connectivity index (χ2v) is 8.22. The molecule has 1 aliphatic carbocycles. The molecule has 1 aromatic carbocycles. The van der Waals surface area contributed by atoms with Crippen LogP contribution in [0.15, 0.2) is 37.4 Å². The van der Waals surface area contributed by atoms with Crippen molar-refractivity contribution in [3.8, 4) is 0 Å². The molecule has 0 radical (unpaired) electrons. The highest BCUT2D eigenvalue weighted by molar-refractivity contribution is 5.39. The number of hydrogen-bond acceptors (Lipinski definition) is 1. The molecule has 1 nitrogen and oxygen atoms in total. The van der Waals surface area contributed by atoms with Gasteiger partial charge in [0.2, 0.25) is 0 Å². The van der Waals surface area contributed by atoms with E-state index in [9.17, 15) is 8.78 Å². The normalized spacial score (nSPS) is 28.3. The van der Waals surface area contributed by atoms with Crippen molar-refractivity contribution in [2.24, 2.45) is 5.92 Å². The maximum Gasteiger partial charge on any atom is 0.266 e. The molecule has 1 saturated heterocycles. The third kappa shape index (κ3) is 4.71. The van der Waals surface area contributed by atoms with E-state index in [4.69, 9.17) is 4.74 Å². The minimum Gasteiger partial charge on any atom is -0.378 e. The number of benzene rings is 1. The van der Waals surface area contributed by atoms with Crippen LogP contribution < -0.4 is 0 Å². The van der Waals surface area contributed by atoms with Crippen molar-refractivity contribution in [1.82, 2.24) is 0 Å². The molecular weight excluding hydrogens is 361 g/mol. The number of allylic oxidation sites excluding steroid dienone is 2. The lowest BCUT2D eigenvalue weighted by Gasteiger charge is -2.32. The molecule has 1 aliphatic heterocycles. The van der Waals surface area contributed by atoms with Gasteiger partial charge in [-0.05, 0) is 74.3 Å². The van der Waals surface area contributed by atoms with E-state index < -0.39 is 17.8 Å². The Labute approximate surface area is 166 Å². The van der Waals surface area contributed by atoms with Gasteiger partial charge in [0.05, 0.1) is 18.3 Å². The molecule has 2 unspecified atom stereocenters. The van der Waals surface area contributed by atoms with Crippen LogP contribution in [0.5, 0.6) is 0 Å². The van der Waals surface area contributed by atoms with Crippen LogP contribution in [0.3, 0.4) is 0 Å². The van der Waals surface area contributed by atoms with Crippen LogP contribution in [0.2, 0.25) is 0 Å². The zero-order valence-corrected chi connectivity index (χ0v) is 16.5. The molecule has 2 aliphatic rings. The summed E-state index contributed by atoms with van der Waals surface area (Å²) in [6.07, 6.45) is 8.05. The fourth-order valence-electron chi connectivity index (χ4n) is 4.77. The minimum absolute atomic E-state index is 0.0219. The third-order valence-electron chi connectivity index (χ3n) is 6.51. The minimum atomic E-state index is -2.81. The van der Waals surface area contributed by atoms with Crippen LogP contribution in [0.4, 0.5) is 13.2 Å². The largest absolute Gasteiger partial charge is 0.378 e. The zero-order valence-electron chi connectivity index (χ0n) is 16.5. The lowest BCUT2D eigenvalue weighted by molar-refractivity contribution is -0.000995. The van der Waals surface area contributed by atoms with Gasteiger partial charge in [-0.2, -0.15) is 0 Å². The topological polar surface area (TPSA) is 9.23 Å². The number of rotatable bonds is 7. The average Bonchev–Trinajstić information content (AvgIpc) is 2.72. The molecule has 0 amide bonds. The zero-order chi connectivity index (χ0) is 20.1. The molecular formula is C24H31F3O. The monoisotopic (exact) mass is 392 g/mol. The number of ether oxygens (including phenoxy) is 1. The molecule has 2 atom stereocenters. The van der Waals surface area contributed by atoms with Crippen LogP contribution in [0.25, 0.3) is 0 Å². The van der Waals surface area contributed by atoms with E-state index in [1.165, 1.54) is 0 Å². The molecule has 1 saturated carbocycles. The predicted octanol–water partition coefficient (Wildman–Crippen LogP) is 7.45. The summed E-state index contributed by atoms with van der Waals surface area (Å²) in [5.74, 6) is -0.373. The second kappa shape index (κ2) is 9.78. The summed E-state index contributed by atoms with van der Waals surface area (Å²) < 4.78 is 48.8. The van der Waals surface area contributed by atoms with Crippen LogP contribution in [0, 0.1) is 11.7 Å². The summed E-state index contributed by atoms with van der Waals surface area (Å²) >= 11 is 0. The Balaban J connectivity index is 1.77. The summed E-state index contributed by atoms with van der Waals surface area (Å²) in [5, 5.41) is 0. The molecule has 1 heterocycles. The Morgan fingerprint density at radius 2 is 1.68 bits per heavy atom. The van der Waals surface area contributed by atoms with Gasteiger partial charge in [-0.15, -0.1) is 13.2 Å².